The molecule has 1 aliphatic rings. The molecule has 154 valence electrons. The quantitative estimate of drug-likeness (QED) is 0.199. The lowest BCUT2D eigenvalue weighted by Gasteiger charge is -2.10. The van der Waals surface area contributed by atoms with E-state index >= 15 is 0 Å². The number of aliphatic hydroxyl groups excluding tert-OH is 2. The summed E-state index contributed by atoms with van der Waals surface area (Å²) in [5, 5.41) is 33.0. The highest BCUT2D eigenvalue weighted by Crippen LogP contribution is 2.32. The minimum Gasteiger partial charge on any atom is -0.394 e. The van der Waals surface area contributed by atoms with Crippen LogP contribution in [0.1, 0.15) is 43.9 Å². The first kappa shape index (κ1) is 21.8. The number of ether oxygens (including phenoxy) is 1. The SMILES string of the molecule is NCCCCCC(=O)NCC#Cc1cc([N+](=O)[O-])n([C@H]2C[C@H](O)[C@@H](CO)O2)c1. The molecule has 10 heteroatoms. The van der Waals surface area contributed by atoms with Crippen LogP contribution in [0, 0.1) is 22.0 Å². The van der Waals surface area contributed by atoms with Gasteiger partial charge in [0.05, 0.1) is 30.9 Å². The second-order valence-corrected chi connectivity index (χ2v) is 6.54. The monoisotopic (exact) mass is 394 g/mol. The first-order valence-corrected chi connectivity index (χ1v) is 9.22. The number of carbonyl (C=O) groups is 1. The van der Waals surface area contributed by atoms with E-state index in [2.05, 4.69) is 17.2 Å². The van der Waals surface area contributed by atoms with Crippen LogP contribution in [0.4, 0.5) is 5.82 Å². The number of unbranched alkanes of at least 4 members (excludes halogenated alkanes) is 2. The highest BCUT2D eigenvalue weighted by atomic mass is 16.6. The van der Waals surface area contributed by atoms with Gasteiger partial charge in [0.15, 0.2) is 0 Å². The molecule has 0 aliphatic carbocycles. The van der Waals surface area contributed by atoms with Crippen molar-refractivity contribution in [1.82, 2.24) is 9.88 Å². The van der Waals surface area contributed by atoms with Gasteiger partial charge in [-0.25, -0.2) is 4.57 Å². The highest BCUT2D eigenvalue weighted by molar-refractivity contribution is 5.76. The van der Waals surface area contributed by atoms with Crippen LogP contribution in [0.3, 0.4) is 0 Å². The molecule has 3 atom stereocenters. The third-order valence-electron chi connectivity index (χ3n) is 4.42. The van der Waals surface area contributed by atoms with Crippen molar-refractivity contribution in [2.45, 2.75) is 50.5 Å². The van der Waals surface area contributed by atoms with Gasteiger partial charge in [0.2, 0.25) is 12.1 Å². The van der Waals surface area contributed by atoms with Gasteiger partial charge in [0, 0.05) is 12.8 Å². The summed E-state index contributed by atoms with van der Waals surface area (Å²) in [6.07, 6.45) is 2.16. The van der Waals surface area contributed by atoms with Crippen molar-refractivity contribution < 1.29 is 24.7 Å². The summed E-state index contributed by atoms with van der Waals surface area (Å²) >= 11 is 0. The number of nitrogens with one attached hydrogen (secondary N) is 1. The molecule has 1 aromatic rings. The van der Waals surface area contributed by atoms with Gasteiger partial charge in [0.1, 0.15) is 12.3 Å². The molecule has 1 fully saturated rings. The second kappa shape index (κ2) is 10.8. The lowest BCUT2D eigenvalue weighted by molar-refractivity contribution is -0.393. The Morgan fingerprint density at radius 3 is 2.89 bits per heavy atom. The standard InChI is InChI=1S/C18H26N4O6/c19-7-3-1-2-6-16(25)20-8-4-5-13-9-17(22(26)27)21(11-13)18-10-14(24)15(12-23)28-18/h9,11,14-15,18,23-24H,1-3,6-8,10,12,19H2,(H,20,25)/t14-,15+,18+/m0/s1. The van der Waals surface area contributed by atoms with Crippen molar-refractivity contribution in [3.63, 3.8) is 0 Å². The molecule has 0 aromatic carbocycles. The first-order valence-electron chi connectivity index (χ1n) is 9.22. The Hall–Kier alpha value is -2.45. The summed E-state index contributed by atoms with van der Waals surface area (Å²) in [6.45, 7) is 0.385. The van der Waals surface area contributed by atoms with Crippen molar-refractivity contribution in [2.24, 2.45) is 5.73 Å². The predicted molar refractivity (Wildman–Crippen MR) is 100 cm³/mol. The third kappa shape index (κ3) is 6.03. The molecular weight excluding hydrogens is 368 g/mol. The molecule has 0 saturated carbocycles. The first-order chi connectivity index (χ1) is 13.5. The smallest absolute Gasteiger partial charge is 0.326 e. The largest absolute Gasteiger partial charge is 0.394 e. The van der Waals surface area contributed by atoms with Gasteiger partial charge in [-0.2, -0.15) is 0 Å². The Balaban J connectivity index is 1.94. The number of carbonyl (C=O) groups excluding carboxylic acids is 1. The summed E-state index contributed by atoms with van der Waals surface area (Å²) in [5.41, 5.74) is 5.79. The zero-order chi connectivity index (χ0) is 20.5. The number of rotatable bonds is 9. The number of hydrogen-bond acceptors (Lipinski definition) is 7. The Bertz CT molecular complexity index is 738. The maximum atomic E-state index is 11.7. The van der Waals surface area contributed by atoms with Gasteiger partial charge in [-0.15, -0.1) is 0 Å². The molecule has 0 bridgehead atoms. The number of aliphatic hydroxyl groups is 2. The number of hydrogen-bond donors (Lipinski definition) is 4. The van der Waals surface area contributed by atoms with Crippen LogP contribution >= 0.6 is 0 Å². The molecule has 0 radical (unpaired) electrons. The Labute approximate surface area is 162 Å². The molecule has 10 nitrogen and oxygen atoms in total. The molecule has 1 aromatic heterocycles. The predicted octanol–water partition coefficient (Wildman–Crippen LogP) is 0.0238. The Morgan fingerprint density at radius 2 is 2.25 bits per heavy atom. The zero-order valence-corrected chi connectivity index (χ0v) is 15.5. The molecule has 1 aliphatic heterocycles. The Kier molecular flexibility index (Phi) is 8.41. The van der Waals surface area contributed by atoms with Crippen LogP contribution in [-0.2, 0) is 9.53 Å². The molecule has 1 amide bonds. The molecule has 1 saturated heterocycles. The van der Waals surface area contributed by atoms with E-state index in [4.69, 9.17) is 15.6 Å². The Morgan fingerprint density at radius 1 is 1.46 bits per heavy atom. The van der Waals surface area contributed by atoms with Gasteiger partial charge in [-0.05, 0) is 24.3 Å². The van der Waals surface area contributed by atoms with Crippen molar-refractivity contribution in [2.75, 3.05) is 19.7 Å². The van der Waals surface area contributed by atoms with Crippen LogP contribution in [0.15, 0.2) is 12.3 Å². The molecule has 0 spiro atoms. The number of aromatic nitrogens is 1. The van der Waals surface area contributed by atoms with Gasteiger partial charge in [0.25, 0.3) is 0 Å². The fourth-order valence-corrected chi connectivity index (χ4v) is 2.95. The van der Waals surface area contributed by atoms with Gasteiger partial charge in [-0.1, -0.05) is 18.3 Å². The van der Waals surface area contributed by atoms with Gasteiger partial charge in [-0.3, -0.25) is 4.79 Å². The van der Waals surface area contributed by atoms with Crippen molar-refractivity contribution >= 4 is 11.7 Å². The van der Waals surface area contributed by atoms with Crippen LogP contribution < -0.4 is 11.1 Å². The van der Waals surface area contributed by atoms with Crippen LogP contribution in [0.2, 0.25) is 0 Å². The summed E-state index contributed by atoms with van der Waals surface area (Å²) in [4.78, 5) is 22.4. The van der Waals surface area contributed by atoms with Crippen molar-refractivity contribution in [3.8, 4) is 11.8 Å². The third-order valence-corrected chi connectivity index (χ3v) is 4.42. The van der Waals surface area contributed by atoms with Gasteiger partial charge < -0.3 is 36.1 Å². The fraction of sp³-hybridized carbons (Fsp3) is 0.611. The molecular formula is C18H26N4O6. The number of nitrogens with zero attached hydrogens (tertiary/aromatic N) is 2. The molecule has 28 heavy (non-hydrogen) atoms. The topological polar surface area (TPSA) is 153 Å². The van der Waals surface area contributed by atoms with Crippen LogP contribution in [0.25, 0.3) is 0 Å². The van der Waals surface area contributed by atoms with Gasteiger partial charge >= 0.3 is 5.82 Å². The summed E-state index contributed by atoms with van der Waals surface area (Å²) in [5.74, 6) is 5.23. The summed E-state index contributed by atoms with van der Waals surface area (Å²) < 4.78 is 6.76. The van der Waals surface area contributed by atoms with Crippen LogP contribution in [0.5, 0.6) is 0 Å². The van der Waals surface area contributed by atoms with Crippen molar-refractivity contribution in [3.05, 3.63) is 27.9 Å². The average molecular weight is 394 g/mol. The lowest BCUT2D eigenvalue weighted by atomic mass is 10.2. The van der Waals surface area contributed by atoms with E-state index in [1.54, 1.807) is 0 Å². The number of nitrogens with two attached hydrogens (primary N) is 1. The highest BCUT2D eigenvalue weighted by Gasteiger charge is 2.39. The van der Waals surface area contributed by atoms with E-state index in [9.17, 15) is 20.0 Å². The minimum atomic E-state index is -0.897. The number of nitro groups is 1. The zero-order valence-electron chi connectivity index (χ0n) is 15.5. The van der Waals surface area contributed by atoms with E-state index in [1.807, 2.05) is 0 Å². The van der Waals surface area contributed by atoms with E-state index in [1.165, 1.54) is 16.8 Å². The van der Waals surface area contributed by atoms with E-state index in [0.29, 0.717) is 18.5 Å². The van der Waals surface area contributed by atoms with Crippen molar-refractivity contribution in [1.29, 1.82) is 0 Å². The molecule has 2 heterocycles. The molecule has 2 rings (SSSR count). The summed E-state index contributed by atoms with van der Waals surface area (Å²) in [7, 11) is 0. The van der Waals surface area contributed by atoms with E-state index in [-0.39, 0.29) is 31.3 Å². The van der Waals surface area contributed by atoms with E-state index < -0.39 is 23.4 Å². The molecule has 0 unspecified atom stereocenters. The maximum absolute atomic E-state index is 11.7. The van der Waals surface area contributed by atoms with E-state index in [0.717, 1.165) is 19.3 Å². The average Bonchev–Trinajstić information content (AvgIpc) is 3.25. The maximum Gasteiger partial charge on any atom is 0.326 e. The minimum absolute atomic E-state index is 0.0988. The van der Waals surface area contributed by atoms with Crippen LogP contribution in [-0.4, -0.2) is 57.5 Å². The normalized spacial score (nSPS) is 21.2. The number of amides is 1. The lowest BCUT2D eigenvalue weighted by Crippen LogP contribution is -2.24. The summed E-state index contributed by atoms with van der Waals surface area (Å²) in [6, 6.07) is 1.31. The fourth-order valence-electron chi connectivity index (χ4n) is 2.95. The molecule has 5 N–H and O–H groups in total. The second-order valence-electron chi connectivity index (χ2n) is 6.54.